The van der Waals surface area contributed by atoms with E-state index in [4.69, 9.17) is 5.73 Å². The third-order valence-electron chi connectivity index (χ3n) is 5.81. The molecule has 2 aromatic heterocycles. The third kappa shape index (κ3) is 2.99. The van der Waals surface area contributed by atoms with Gasteiger partial charge >= 0.3 is 0 Å². The number of nitrogens with zero attached hydrogens (tertiary/aromatic N) is 3. The van der Waals surface area contributed by atoms with E-state index in [2.05, 4.69) is 39.7 Å². The third-order valence-corrected chi connectivity index (χ3v) is 5.81. The summed E-state index contributed by atoms with van der Waals surface area (Å²) in [5.74, 6) is -0.860. The summed E-state index contributed by atoms with van der Waals surface area (Å²) in [6.07, 6.45) is 10.3. The monoisotopic (exact) mass is 387 g/mol. The molecule has 7 nitrogen and oxygen atoms in total. The van der Waals surface area contributed by atoms with Gasteiger partial charge in [-0.05, 0) is 60.4 Å². The van der Waals surface area contributed by atoms with Gasteiger partial charge in [0.15, 0.2) is 5.65 Å². The zero-order valence-corrected chi connectivity index (χ0v) is 15.9. The predicted molar refractivity (Wildman–Crippen MR) is 108 cm³/mol. The van der Waals surface area contributed by atoms with E-state index < -0.39 is 5.91 Å². The molecule has 0 bridgehead atoms. The van der Waals surface area contributed by atoms with Gasteiger partial charge in [0.2, 0.25) is 0 Å². The highest BCUT2D eigenvalue weighted by Crippen LogP contribution is 2.35. The number of amides is 2. The minimum absolute atomic E-state index is 0.0232. The summed E-state index contributed by atoms with van der Waals surface area (Å²) in [6, 6.07) is 8.07. The average molecular weight is 387 g/mol. The van der Waals surface area contributed by atoms with Crippen molar-refractivity contribution in [3.8, 4) is 0 Å². The van der Waals surface area contributed by atoms with Crippen LogP contribution in [0.4, 0.5) is 0 Å². The number of nitrogens with two attached hydrogens (primary N) is 1. The fraction of sp³-hybridized carbons (Fsp3) is 0.273. The summed E-state index contributed by atoms with van der Waals surface area (Å²) in [4.78, 5) is 28.6. The van der Waals surface area contributed by atoms with Crippen LogP contribution in [0.3, 0.4) is 0 Å². The van der Waals surface area contributed by atoms with Gasteiger partial charge < -0.3 is 11.1 Å². The van der Waals surface area contributed by atoms with Crippen LogP contribution in [-0.2, 0) is 12.8 Å². The molecule has 0 spiro atoms. The normalized spacial score (nSPS) is 17.9. The Bertz CT molecular complexity index is 1180. The lowest BCUT2D eigenvalue weighted by Crippen LogP contribution is -2.36. The summed E-state index contributed by atoms with van der Waals surface area (Å²) >= 11 is 0. The molecule has 0 saturated heterocycles. The number of allylic oxidation sites excluding steroid dienone is 2. The fourth-order valence-corrected chi connectivity index (χ4v) is 4.47. The number of carbonyl (C=O) groups is 2. The molecule has 1 aromatic carbocycles. The van der Waals surface area contributed by atoms with Gasteiger partial charge in [0.05, 0.1) is 6.20 Å². The Hall–Kier alpha value is -3.48. The molecular formula is C22H21N5O2. The Kier molecular flexibility index (Phi) is 4.16. The maximum absolute atomic E-state index is 13.0. The number of hydrogen-bond acceptors (Lipinski definition) is 4. The molecule has 7 heteroatoms. The van der Waals surface area contributed by atoms with Crippen molar-refractivity contribution in [3.63, 3.8) is 0 Å². The van der Waals surface area contributed by atoms with Crippen LogP contribution in [0.2, 0.25) is 0 Å². The summed E-state index contributed by atoms with van der Waals surface area (Å²) in [7, 11) is 0. The quantitative estimate of drug-likeness (QED) is 0.717. The van der Waals surface area contributed by atoms with Crippen molar-refractivity contribution >= 4 is 23.0 Å². The van der Waals surface area contributed by atoms with Gasteiger partial charge in [-0.25, -0.2) is 9.50 Å². The lowest BCUT2D eigenvalue weighted by atomic mass is 9.96. The van der Waals surface area contributed by atoms with Crippen molar-refractivity contribution in [1.29, 1.82) is 0 Å². The SMILES string of the molecule is NC(=O)c1cnn2c(C(=O)NC3Cc4cccc(C5=CCCC5)c4C3)ccnc12. The molecule has 146 valence electrons. The Morgan fingerprint density at radius 1 is 1.21 bits per heavy atom. The van der Waals surface area contributed by atoms with Gasteiger partial charge in [-0.2, -0.15) is 5.10 Å². The average Bonchev–Trinajstić information content (AvgIpc) is 3.45. The number of aromatic nitrogens is 3. The molecule has 2 aliphatic rings. The molecule has 5 rings (SSSR count). The Labute approximate surface area is 167 Å². The van der Waals surface area contributed by atoms with E-state index >= 15 is 0 Å². The summed E-state index contributed by atoms with van der Waals surface area (Å²) in [6.45, 7) is 0. The van der Waals surface area contributed by atoms with E-state index in [0.717, 1.165) is 25.7 Å². The smallest absolute Gasteiger partial charge is 0.270 e. The molecule has 0 aliphatic heterocycles. The van der Waals surface area contributed by atoms with Gasteiger partial charge in [0.1, 0.15) is 11.3 Å². The fourth-order valence-electron chi connectivity index (χ4n) is 4.47. The zero-order valence-electron chi connectivity index (χ0n) is 15.9. The van der Waals surface area contributed by atoms with Crippen LogP contribution in [0.15, 0.2) is 42.7 Å². The van der Waals surface area contributed by atoms with Crippen LogP contribution in [0.25, 0.3) is 11.2 Å². The van der Waals surface area contributed by atoms with E-state index in [1.54, 1.807) is 6.07 Å². The van der Waals surface area contributed by atoms with Gasteiger partial charge in [-0.3, -0.25) is 9.59 Å². The van der Waals surface area contributed by atoms with Crippen molar-refractivity contribution in [2.45, 2.75) is 38.1 Å². The first-order valence-corrected chi connectivity index (χ1v) is 9.85. The largest absolute Gasteiger partial charge is 0.365 e. The minimum atomic E-state index is -0.620. The Morgan fingerprint density at radius 3 is 2.90 bits per heavy atom. The van der Waals surface area contributed by atoms with Crippen molar-refractivity contribution < 1.29 is 9.59 Å². The first-order chi connectivity index (χ1) is 14.1. The van der Waals surface area contributed by atoms with Crippen molar-refractivity contribution in [3.05, 3.63) is 70.7 Å². The van der Waals surface area contributed by atoms with Gasteiger partial charge in [-0.15, -0.1) is 0 Å². The van der Waals surface area contributed by atoms with Crippen LogP contribution >= 0.6 is 0 Å². The molecule has 3 N–H and O–H groups in total. The first kappa shape index (κ1) is 17.6. The molecule has 0 fully saturated rings. The zero-order chi connectivity index (χ0) is 20.0. The molecule has 3 aromatic rings. The molecule has 1 unspecified atom stereocenters. The molecule has 1 atom stereocenters. The van der Waals surface area contributed by atoms with Crippen LogP contribution in [0, 0.1) is 0 Å². The number of nitrogens with one attached hydrogen (secondary N) is 1. The van der Waals surface area contributed by atoms with Gasteiger partial charge in [0.25, 0.3) is 11.8 Å². The highest BCUT2D eigenvalue weighted by Gasteiger charge is 2.27. The predicted octanol–water partition coefficient (Wildman–Crippen LogP) is 2.29. The van der Waals surface area contributed by atoms with E-state index in [1.165, 1.54) is 45.6 Å². The Balaban J connectivity index is 1.39. The number of rotatable bonds is 4. The number of hydrogen-bond donors (Lipinski definition) is 2. The highest BCUT2D eigenvalue weighted by molar-refractivity contribution is 6.00. The van der Waals surface area contributed by atoms with Gasteiger partial charge in [0, 0.05) is 12.2 Å². The molecular weight excluding hydrogens is 366 g/mol. The van der Waals surface area contributed by atoms with E-state index in [-0.39, 0.29) is 23.2 Å². The summed E-state index contributed by atoms with van der Waals surface area (Å²) < 4.78 is 1.37. The lowest BCUT2D eigenvalue weighted by molar-refractivity contribution is 0.0929. The maximum Gasteiger partial charge on any atom is 0.270 e. The number of benzene rings is 1. The van der Waals surface area contributed by atoms with Crippen LogP contribution in [0.1, 0.15) is 56.8 Å². The number of fused-ring (bicyclic) bond motifs is 2. The molecule has 2 aliphatic carbocycles. The second-order valence-electron chi connectivity index (χ2n) is 7.63. The van der Waals surface area contributed by atoms with Crippen molar-refractivity contribution in [1.82, 2.24) is 19.9 Å². The summed E-state index contributed by atoms with van der Waals surface area (Å²) in [5, 5.41) is 7.25. The maximum atomic E-state index is 13.0. The highest BCUT2D eigenvalue weighted by atomic mass is 16.2. The van der Waals surface area contributed by atoms with Crippen LogP contribution in [-0.4, -0.2) is 32.5 Å². The number of primary amides is 1. The van der Waals surface area contributed by atoms with E-state index in [0.29, 0.717) is 5.69 Å². The summed E-state index contributed by atoms with van der Waals surface area (Å²) in [5.41, 5.74) is 11.6. The molecule has 2 heterocycles. The van der Waals surface area contributed by atoms with Crippen molar-refractivity contribution in [2.24, 2.45) is 5.73 Å². The lowest BCUT2D eigenvalue weighted by Gasteiger charge is -2.13. The van der Waals surface area contributed by atoms with Crippen LogP contribution in [0.5, 0.6) is 0 Å². The minimum Gasteiger partial charge on any atom is -0.365 e. The topological polar surface area (TPSA) is 102 Å². The van der Waals surface area contributed by atoms with E-state index in [1.807, 2.05) is 0 Å². The van der Waals surface area contributed by atoms with E-state index in [9.17, 15) is 9.59 Å². The second-order valence-corrected chi connectivity index (χ2v) is 7.63. The molecule has 29 heavy (non-hydrogen) atoms. The standard InChI is InChI=1S/C22H21N5O2/c23-20(28)18-12-25-27-19(8-9-24-21(18)27)22(29)26-15-10-14-6-3-7-16(17(14)11-15)13-4-1-2-5-13/h3-4,6-9,12,15H,1-2,5,10-11H2,(H2,23,28)(H,26,29). The number of carbonyl (C=O) groups excluding carboxylic acids is 2. The van der Waals surface area contributed by atoms with Crippen molar-refractivity contribution in [2.75, 3.05) is 0 Å². The second kappa shape index (κ2) is 6.84. The molecule has 2 amide bonds. The van der Waals surface area contributed by atoms with Crippen LogP contribution < -0.4 is 11.1 Å². The Morgan fingerprint density at radius 2 is 2.10 bits per heavy atom. The molecule has 0 saturated carbocycles. The van der Waals surface area contributed by atoms with Gasteiger partial charge in [-0.1, -0.05) is 24.3 Å². The molecule has 0 radical (unpaired) electrons. The first-order valence-electron chi connectivity index (χ1n) is 9.85.